The lowest BCUT2D eigenvalue weighted by molar-refractivity contribution is -0.140. The van der Waals surface area contributed by atoms with Gasteiger partial charge in [0, 0.05) is 13.1 Å². The van der Waals surface area contributed by atoms with Crippen LogP contribution in [-0.2, 0) is 26.2 Å². The van der Waals surface area contributed by atoms with Crippen LogP contribution in [0.4, 0.5) is 5.69 Å². The zero-order valence-corrected chi connectivity index (χ0v) is 26.0. The zero-order chi connectivity index (χ0) is 31.4. The normalized spacial score (nSPS) is 11.8. The number of hydrogen-bond acceptors (Lipinski definition) is 5. The van der Waals surface area contributed by atoms with E-state index in [4.69, 9.17) is 4.74 Å². The first-order valence-electron chi connectivity index (χ1n) is 14.8. The number of carbonyl (C=O) groups is 2. The number of hydrogen-bond donors (Lipinski definition) is 1. The molecular formula is C35H39N3O5S. The van der Waals surface area contributed by atoms with Gasteiger partial charge in [0.2, 0.25) is 11.8 Å². The van der Waals surface area contributed by atoms with Crippen LogP contribution >= 0.6 is 0 Å². The van der Waals surface area contributed by atoms with Crippen LogP contribution in [0, 0.1) is 0 Å². The number of sulfonamides is 1. The largest absolute Gasteiger partial charge is 0.457 e. The van der Waals surface area contributed by atoms with Gasteiger partial charge in [-0.3, -0.25) is 13.9 Å². The molecule has 0 unspecified atom stereocenters. The van der Waals surface area contributed by atoms with Crippen LogP contribution in [-0.4, -0.2) is 44.3 Å². The summed E-state index contributed by atoms with van der Waals surface area (Å²) in [6.45, 7) is 4.05. The van der Waals surface area contributed by atoms with Crippen molar-refractivity contribution in [3.8, 4) is 11.5 Å². The molecule has 0 aliphatic carbocycles. The van der Waals surface area contributed by atoms with Crippen LogP contribution in [0.25, 0.3) is 0 Å². The molecule has 0 aliphatic rings. The Morgan fingerprint density at radius 1 is 0.773 bits per heavy atom. The first kappa shape index (κ1) is 32.3. The second kappa shape index (κ2) is 15.7. The van der Waals surface area contributed by atoms with Crippen LogP contribution in [0.2, 0.25) is 0 Å². The maximum Gasteiger partial charge on any atom is 0.264 e. The fourth-order valence-corrected chi connectivity index (χ4v) is 6.19. The highest BCUT2D eigenvalue weighted by Crippen LogP contribution is 2.28. The summed E-state index contributed by atoms with van der Waals surface area (Å²) in [6, 6.07) is 32.4. The average Bonchev–Trinajstić information content (AvgIpc) is 3.05. The highest BCUT2D eigenvalue weighted by Gasteiger charge is 2.33. The Bertz CT molecular complexity index is 1580. The van der Waals surface area contributed by atoms with Gasteiger partial charge in [0.05, 0.1) is 10.6 Å². The third-order valence-electron chi connectivity index (χ3n) is 7.12. The number of carbonyl (C=O) groups excluding carboxylic acids is 2. The minimum Gasteiger partial charge on any atom is -0.457 e. The van der Waals surface area contributed by atoms with Crippen LogP contribution in [0.3, 0.4) is 0 Å². The molecule has 2 amide bonds. The van der Waals surface area contributed by atoms with E-state index >= 15 is 0 Å². The number of para-hydroxylation sites is 1. The monoisotopic (exact) mass is 613 g/mol. The zero-order valence-electron chi connectivity index (χ0n) is 25.1. The van der Waals surface area contributed by atoms with E-state index in [0.717, 1.165) is 22.7 Å². The second-order valence-electron chi connectivity index (χ2n) is 10.3. The first-order chi connectivity index (χ1) is 21.3. The van der Waals surface area contributed by atoms with Crippen LogP contribution < -0.4 is 14.4 Å². The van der Waals surface area contributed by atoms with Gasteiger partial charge in [-0.25, -0.2) is 8.42 Å². The molecule has 4 rings (SSSR count). The summed E-state index contributed by atoms with van der Waals surface area (Å²) in [5.41, 5.74) is 1.13. The summed E-state index contributed by atoms with van der Waals surface area (Å²) in [5.74, 6) is 0.410. The van der Waals surface area contributed by atoms with Gasteiger partial charge in [-0.2, -0.15) is 0 Å². The Hall–Kier alpha value is -4.63. The molecule has 0 aromatic heterocycles. The van der Waals surface area contributed by atoms with Gasteiger partial charge < -0.3 is 15.0 Å². The molecule has 0 saturated carbocycles. The SMILES string of the molecule is CCCCNC(=O)[C@H](CC)N(Cc1ccccc1)C(=O)CN(c1ccc(Oc2ccccc2)cc1)S(=O)(=O)c1ccccc1. The summed E-state index contributed by atoms with van der Waals surface area (Å²) in [5, 5.41) is 2.94. The predicted molar refractivity (Wildman–Crippen MR) is 173 cm³/mol. The van der Waals surface area contributed by atoms with Crippen molar-refractivity contribution in [2.24, 2.45) is 0 Å². The molecular weight excluding hydrogens is 574 g/mol. The van der Waals surface area contributed by atoms with E-state index in [1.165, 1.54) is 17.0 Å². The van der Waals surface area contributed by atoms with Gasteiger partial charge in [0.25, 0.3) is 10.0 Å². The molecule has 9 heteroatoms. The van der Waals surface area contributed by atoms with Gasteiger partial charge in [0.1, 0.15) is 24.1 Å². The van der Waals surface area contributed by atoms with Crippen LogP contribution in [0.15, 0.2) is 120 Å². The molecule has 0 radical (unpaired) electrons. The molecule has 0 heterocycles. The lowest BCUT2D eigenvalue weighted by Crippen LogP contribution is -2.52. The summed E-state index contributed by atoms with van der Waals surface area (Å²) in [4.78, 5) is 29.0. The van der Waals surface area contributed by atoms with E-state index in [9.17, 15) is 18.0 Å². The fraction of sp³-hybridized carbons (Fsp3) is 0.257. The lowest BCUT2D eigenvalue weighted by atomic mass is 10.1. The van der Waals surface area contributed by atoms with E-state index < -0.39 is 28.5 Å². The Balaban J connectivity index is 1.68. The molecule has 0 fully saturated rings. The standard InChI is InChI=1S/C35H39N3O5S/c1-3-5-25-36-35(40)33(4-2)37(26-28-15-9-6-10-16-28)34(39)27-38(44(41,42)32-19-13-8-14-20-32)29-21-23-31(24-22-29)43-30-17-11-7-12-18-30/h6-24,33H,3-5,25-27H2,1-2H3,(H,36,40)/t33-/m0/s1. The van der Waals surface area contributed by atoms with Gasteiger partial charge in [-0.05, 0) is 66.9 Å². The van der Waals surface area contributed by atoms with E-state index in [2.05, 4.69) is 5.32 Å². The number of benzene rings is 4. The van der Waals surface area contributed by atoms with Crippen molar-refractivity contribution in [1.29, 1.82) is 0 Å². The van der Waals surface area contributed by atoms with Crippen LogP contribution in [0.1, 0.15) is 38.7 Å². The number of nitrogens with one attached hydrogen (secondary N) is 1. The average molecular weight is 614 g/mol. The summed E-state index contributed by atoms with van der Waals surface area (Å²) >= 11 is 0. The molecule has 4 aromatic rings. The van der Waals surface area contributed by atoms with Crippen molar-refractivity contribution < 1.29 is 22.7 Å². The molecule has 0 spiro atoms. The van der Waals surface area contributed by atoms with Crippen molar-refractivity contribution in [3.63, 3.8) is 0 Å². The van der Waals surface area contributed by atoms with Crippen LogP contribution in [0.5, 0.6) is 11.5 Å². The first-order valence-corrected chi connectivity index (χ1v) is 16.3. The molecule has 44 heavy (non-hydrogen) atoms. The van der Waals surface area contributed by atoms with Crippen molar-refractivity contribution >= 4 is 27.5 Å². The van der Waals surface area contributed by atoms with Gasteiger partial charge in [0.15, 0.2) is 0 Å². The van der Waals surface area contributed by atoms with Gasteiger partial charge in [-0.15, -0.1) is 0 Å². The molecule has 0 bridgehead atoms. The fourth-order valence-electron chi connectivity index (χ4n) is 4.76. The van der Waals surface area contributed by atoms with Crippen molar-refractivity contribution in [2.45, 2.75) is 50.6 Å². The maximum absolute atomic E-state index is 14.2. The molecule has 0 saturated heterocycles. The lowest BCUT2D eigenvalue weighted by Gasteiger charge is -2.33. The number of unbranched alkanes of at least 4 members (excludes halogenated alkanes) is 1. The third kappa shape index (κ3) is 8.48. The minimum absolute atomic E-state index is 0.0522. The Morgan fingerprint density at radius 3 is 1.93 bits per heavy atom. The second-order valence-corrected chi connectivity index (χ2v) is 12.2. The Labute approximate surface area is 260 Å². The van der Waals surface area contributed by atoms with Crippen molar-refractivity contribution in [1.82, 2.24) is 10.2 Å². The molecule has 0 aliphatic heterocycles. The third-order valence-corrected chi connectivity index (χ3v) is 8.91. The van der Waals surface area contributed by atoms with E-state index in [1.807, 2.05) is 74.5 Å². The minimum atomic E-state index is -4.15. The van der Waals surface area contributed by atoms with Gasteiger partial charge in [-0.1, -0.05) is 87.0 Å². The van der Waals surface area contributed by atoms with E-state index in [1.54, 1.807) is 42.5 Å². The molecule has 1 N–H and O–H groups in total. The summed E-state index contributed by atoms with van der Waals surface area (Å²) < 4.78 is 35.0. The Morgan fingerprint density at radius 2 is 1.34 bits per heavy atom. The molecule has 8 nitrogen and oxygen atoms in total. The summed E-state index contributed by atoms with van der Waals surface area (Å²) in [6.07, 6.45) is 2.11. The predicted octanol–water partition coefficient (Wildman–Crippen LogP) is 6.40. The number of anilines is 1. The topological polar surface area (TPSA) is 96.0 Å². The number of ether oxygens (including phenoxy) is 1. The summed E-state index contributed by atoms with van der Waals surface area (Å²) in [7, 11) is -4.15. The number of amides is 2. The number of nitrogens with zero attached hydrogens (tertiary/aromatic N) is 2. The smallest absolute Gasteiger partial charge is 0.264 e. The molecule has 4 aromatic carbocycles. The number of rotatable bonds is 15. The highest BCUT2D eigenvalue weighted by atomic mass is 32.2. The van der Waals surface area contributed by atoms with Gasteiger partial charge >= 0.3 is 0 Å². The highest BCUT2D eigenvalue weighted by molar-refractivity contribution is 7.92. The molecule has 230 valence electrons. The quantitative estimate of drug-likeness (QED) is 0.157. The van der Waals surface area contributed by atoms with E-state index in [-0.39, 0.29) is 17.3 Å². The Kier molecular flexibility index (Phi) is 11.5. The van der Waals surface area contributed by atoms with Crippen molar-refractivity contribution in [2.75, 3.05) is 17.4 Å². The maximum atomic E-state index is 14.2. The van der Waals surface area contributed by atoms with Crippen molar-refractivity contribution in [3.05, 3.63) is 121 Å². The molecule has 1 atom stereocenters. The van der Waals surface area contributed by atoms with E-state index in [0.29, 0.717) is 30.2 Å².